The zero-order chi connectivity index (χ0) is 20.8. The Kier molecular flexibility index (Phi) is 4.62. The smallest absolute Gasteiger partial charge is 0.262 e. The van der Waals surface area contributed by atoms with E-state index in [-0.39, 0.29) is 11.7 Å². The second kappa shape index (κ2) is 7.32. The van der Waals surface area contributed by atoms with Crippen LogP contribution in [0.1, 0.15) is 27.7 Å². The minimum absolute atomic E-state index is 0.0924. The molecule has 0 spiro atoms. The molecule has 30 heavy (non-hydrogen) atoms. The van der Waals surface area contributed by atoms with Crippen LogP contribution in [0.2, 0.25) is 0 Å². The first-order valence-electron chi connectivity index (χ1n) is 9.70. The van der Waals surface area contributed by atoms with Gasteiger partial charge in [-0.15, -0.1) is 0 Å². The molecule has 2 N–H and O–H groups in total. The van der Waals surface area contributed by atoms with Crippen LogP contribution in [0, 0.1) is 10.5 Å². The van der Waals surface area contributed by atoms with Crippen molar-refractivity contribution in [3.05, 3.63) is 99.1 Å². The molecule has 4 nitrogen and oxygen atoms in total. The highest BCUT2D eigenvalue weighted by Gasteiger charge is 2.36. The van der Waals surface area contributed by atoms with Gasteiger partial charge in [0.05, 0.1) is 5.56 Å². The van der Waals surface area contributed by atoms with Gasteiger partial charge in [-0.05, 0) is 82.2 Å². The summed E-state index contributed by atoms with van der Waals surface area (Å²) in [7, 11) is 0. The predicted octanol–water partition coefficient (Wildman–Crippen LogP) is 6.23. The lowest BCUT2D eigenvalue weighted by molar-refractivity contribution is 0.0975. The summed E-state index contributed by atoms with van der Waals surface area (Å²) in [6, 6.07) is 25.2. The summed E-state index contributed by atoms with van der Waals surface area (Å²) in [5.41, 5.74) is 3.93. The lowest BCUT2D eigenvalue weighted by Crippen LogP contribution is -2.43. The van der Waals surface area contributed by atoms with Gasteiger partial charge >= 0.3 is 0 Å². The summed E-state index contributed by atoms with van der Waals surface area (Å²) in [6.45, 7) is 2.01. The number of hydrogen-bond acceptors (Lipinski definition) is 3. The molecule has 1 amide bonds. The molecule has 1 unspecified atom stereocenters. The van der Waals surface area contributed by atoms with Gasteiger partial charge in [0.2, 0.25) is 0 Å². The molecule has 1 aliphatic heterocycles. The Morgan fingerprint density at radius 3 is 2.63 bits per heavy atom. The fourth-order valence-corrected chi connectivity index (χ4v) is 4.59. The van der Waals surface area contributed by atoms with E-state index in [4.69, 9.17) is 0 Å². The molecule has 5 heteroatoms. The van der Waals surface area contributed by atoms with E-state index in [2.05, 4.69) is 27.9 Å². The monoisotopic (exact) mass is 506 g/mol. The Morgan fingerprint density at radius 2 is 1.80 bits per heavy atom. The molecule has 1 atom stereocenters. The molecular weight excluding hydrogens is 487 g/mol. The van der Waals surface area contributed by atoms with Crippen molar-refractivity contribution >= 4 is 50.6 Å². The van der Waals surface area contributed by atoms with Gasteiger partial charge in [-0.2, -0.15) is 0 Å². The number of phenolic OH excluding ortho intramolecular Hbond substituents is 1. The van der Waals surface area contributed by atoms with Crippen molar-refractivity contribution in [2.45, 2.75) is 13.1 Å². The van der Waals surface area contributed by atoms with Crippen LogP contribution in [-0.2, 0) is 0 Å². The van der Waals surface area contributed by atoms with Crippen molar-refractivity contribution in [1.82, 2.24) is 0 Å². The molecule has 5 rings (SSSR count). The van der Waals surface area contributed by atoms with Gasteiger partial charge in [0.1, 0.15) is 11.9 Å². The zero-order valence-electron chi connectivity index (χ0n) is 16.3. The number of benzene rings is 4. The second-order valence-electron chi connectivity index (χ2n) is 7.47. The maximum atomic E-state index is 13.7. The molecule has 0 fully saturated rings. The van der Waals surface area contributed by atoms with E-state index in [0.717, 1.165) is 31.3 Å². The van der Waals surface area contributed by atoms with Crippen LogP contribution in [0.25, 0.3) is 10.8 Å². The van der Waals surface area contributed by atoms with E-state index < -0.39 is 6.17 Å². The number of rotatable bonds is 2. The first-order chi connectivity index (χ1) is 14.5. The molecule has 0 saturated heterocycles. The van der Waals surface area contributed by atoms with Gasteiger partial charge in [-0.1, -0.05) is 42.5 Å². The average Bonchev–Trinajstić information content (AvgIpc) is 2.74. The van der Waals surface area contributed by atoms with Crippen molar-refractivity contribution < 1.29 is 9.90 Å². The Labute approximate surface area is 188 Å². The molecule has 1 aliphatic rings. The molecule has 0 bridgehead atoms. The summed E-state index contributed by atoms with van der Waals surface area (Å²) in [6.07, 6.45) is -0.544. The molecule has 4 aromatic carbocycles. The van der Waals surface area contributed by atoms with Gasteiger partial charge in [0.25, 0.3) is 5.91 Å². The van der Waals surface area contributed by atoms with Crippen LogP contribution in [0.5, 0.6) is 5.75 Å². The summed E-state index contributed by atoms with van der Waals surface area (Å²) in [5.74, 6) is 0.0656. The van der Waals surface area contributed by atoms with Gasteiger partial charge < -0.3 is 10.4 Å². The third kappa shape index (κ3) is 3.10. The fraction of sp³-hybridized carbons (Fsp3) is 0.0800. The number of aryl methyl sites for hydroxylation is 1. The molecule has 148 valence electrons. The summed E-state index contributed by atoms with van der Waals surface area (Å²) >= 11 is 2.22. The normalized spacial score (nSPS) is 15.7. The van der Waals surface area contributed by atoms with Crippen LogP contribution < -0.4 is 10.2 Å². The Bertz CT molecular complexity index is 1300. The van der Waals surface area contributed by atoms with Crippen molar-refractivity contribution in [1.29, 1.82) is 0 Å². The van der Waals surface area contributed by atoms with Crippen molar-refractivity contribution in [3.8, 4) is 5.75 Å². The SMILES string of the molecule is Cc1cccc(N2C(=O)c3cc(I)ccc3NC2c2c(O)ccc3ccccc23)c1. The fourth-order valence-electron chi connectivity index (χ4n) is 4.10. The Hall–Kier alpha value is -3.06. The van der Waals surface area contributed by atoms with Crippen molar-refractivity contribution in [2.75, 3.05) is 10.2 Å². The minimum Gasteiger partial charge on any atom is -0.507 e. The number of nitrogens with one attached hydrogen (secondary N) is 1. The van der Waals surface area contributed by atoms with E-state index in [1.165, 1.54) is 0 Å². The summed E-state index contributed by atoms with van der Waals surface area (Å²) in [4.78, 5) is 15.5. The first-order valence-corrected chi connectivity index (χ1v) is 10.8. The quantitative estimate of drug-likeness (QED) is 0.317. The maximum Gasteiger partial charge on any atom is 0.262 e. The molecular formula is C25H19IN2O2. The maximum absolute atomic E-state index is 13.7. The topological polar surface area (TPSA) is 52.6 Å². The van der Waals surface area contributed by atoms with Crippen molar-refractivity contribution in [3.63, 3.8) is 0 Å². The van der Waals surface area contributed by atoms with Gasteiger partial charge in [-0.3, -0.25) is 9.69 Å². The Balaban J connectivity index is 1.78. The van der Waals surface area contributed by atoms with E-state index in [9.17, 15) is 9.90 Å². The number of halogens is 1. The highest BCUT2D eigenvalue weighted by atomic mass is 127. The van der Waals surface area contributed by atoms with Crippen molar-refractivity contribution in [2.24, 2.45) is 0 Å². The number of aromatic hydroxyl groups is 1. The number of phenols is 1. The third-order valence-corrected chi connectivity index (χ3v) is 6.15. The molecule has 1 heterocycles. The van der Waals surface area contributed by atoms with Gasteiger partial charge in [-0.25, -0.2) is 0 Å². The van der Waals surface area contributed by atoms with Crippen LogP contribution in [0.4, 0.5) is 11.4 Å². The van der Waals surface area contributed by atoms with Gasteiger partial charge in [0, 0.05) is 20.5 Å². The molecule has 0 saturated carbocycles. The molecule has 0 aliphatic carbocycles. The lowest BCUT2D eigenvalue weighted by atomic mass is 9.96. The number of nitrogens with zero attached hydrogens (tertiary/aromatic N) is 1. The van der Waals surface area contributed by atoms with E-state index in [0.29, 0.717) is 11.1 Å². The number of carbonyl (C=O) groups excluding carboxylic acids is 1. The summed E-state index contributed by atoms with van der Waals surface area (Å²) < 4.78 is 0.997. The zero-order valence-corrected chi connectivity index (χ0v) is 18.4. The average molecular weight is 506 g/mol. The highest BCUT2D eigenvalue weighted by molar-refractivity contribution is 14.1. The first kappa shape index (κ1) is 18.9. The van der Waals surface area contributed by atoms with Crippen LogP contribution in [0.15, 0.2) is 78.9 Å². The van der Waals surface area contributed by atoms with Crippen LogP contribution >= 0.6 is 22.6 Å². The largest absolute Gasteiger partial charge is 0.507 e. The number of hydrogen-bond donors (Lipinski definition) is 2. The van der Waals surface area contributed by atoms with Crippen LogP contribution in [0.3, 0.4) is 0 Å². The molecule has 0 aromatic heterocycles. The summed E-state index contributed by atoms with van der Waals surface area (Å²) in [5, 5.41) is 16.3. The molecule has 0 radical (unpaired) electrons. The number of anilines is 2. The highest BCUT2D eigenvalue weighted by Crippen LogP contribution is 2.42. The standard InChI is InChI=1S/C25H19IN2O2/c1-15-5-4-7-18(13-15)28-24(27-21-11-10-17(26)14-20(21)25(28)30)23-19-8-3-2-6-16(19)9-12-22(23)29/h2-14,24,27,29H,1H3. The van der Waals surface area contributed by atoms with E-state index >= 15 is 0 Å². The third-order valence-electron chi connectivity index (χ3n) is 5.48. The second-order valence-corrected chi connectivity index (χ2v) is 8.72. The predicted molar refractivity (Wildman–Crippen MR) is 129 cm³/mol. The number of fused-ring (bicyclic) bond motifs is 2. The molecule has 4 aromatic rings. The number of carbonyl (C=O) groups is 1. The number of amides is 1. The van der Waals surface area contributed by atoms with E-state index in [1.54, 1.807) is 11.0 Å². The van der Waals surface area contributed by atoms with Crippen LogP contribution in [-0.4, -0.2) is 11.0 Å². The minimum atomic E-state index is -0.544. The van der Waals surface area contributed by atoms with E-state index in [1.807, 2.05) is 79.7 Å². The lowest BCUT2D eigenvalue weighted by Gasteiger charge is -2.39. The van der Waals surface area contributed by atoms with Gasteiger partial charge in [0.15, 0.2) is 0 Å². The Morgan fingerprint density at radius 1 is 0.967 bits per heavy atom.